The van der Waals surface area contributed by atoms with Crippen LogP contribution in [-0.4, -0.2) is 30.4 Å². The highest BCUT2D eigenvalue weighted by Gasteiger charge is 2.31. The van der Waals surface area contributed by atoms with Gasteiger partial charge < -0.3 is 9.64 Å². The molecule has 1 aromatic carbocycles. The molecule has 0 saturated carbocycles. The summed E-state index contributed by atoms with van der Waals surface area (Å²) in [6.45, 7) is 5.29. The molecule has 1 aliphatic heterocycles. The molecule has 5 heteroatoms. The fourth-order valence-electron chi connectivity index (χ4n) is 2.55. The van der Waals surface area contributed by atoms with Gasteiger partial charge in [0.1, 0.15) is 5.82 Å². The van der Waals surface area contributed by atoms with Crippen molar-refractivity contribution < 1.29 is 18.7 Å². The molecule has 0 bridgehead atoms. The summed E-state index contributed by atoms with van der Waals surface area (Å²) in [5.41, 5.74) is 0.590. The summed E-state index contributed by atoms with van der Waals surface area (Å²) in [4.78, 5) is 25.0. The molecule has 114 valence electrons. The first-order chi connectivity index (χ1) is 9.92. The Morgan fingerprint density at radius 2 is 2.19 bits per heavy atom. The fourth-order valence-corrected chi connectivity index (χ4v) is 2.55. The average Bonchev–Trinajstić information content (AvgIpc) is 2.80. The van der Waals surface area contributed by atoms with Crippen molar-refractivity contribution in [3.63, 3.8) is 0 Å². The second kappa shape index (κ2) is 6.24. The van der Waals surface area contributed by atoms with E-state index in [1.165, 1.54) is 19.2 Å². The summed E-state index contributed by atoms with van der Waals surface area (Å²) in [5.74, 6) is -0.400. The van der Waals surface area contributed by atoms with Crippen LogP contribution in [0.1, 0.15) is 36.2 Å². The molecule has 1 unspecified atom stereocenters. The monoisotopic (exact) mass is 293 g/mol. The Hall–Kier alpha value is -1.91. The minimum Gasteiger partial charge on any atom is -0.465 e. The van der Waals surface area contributed by atoms with Gasteiger partial charge in [0.2, 0.25) is 5.91 Å². The van der Waals surface area contributed by atoms with Crippen molar-refractivity contribution in [1.29, 1.82) is 0 Å². The lowest BCUT2D eigenvalue weighted by Gasteiger charge is -2.18. The van der Waals surface area contributed by atoms with E-state index in [0.29, 0.717) is 36.9 Å². The number of hydrogen-bond donors (Lipinski definition) is 0. The summed E-state index contributed by atoms with van der Waals surface area (Å²) < 4.78 is 18.4. The van der Waals surface area contributed by atoms with Crippen molar-refractivity contribution in [2.75, 3.05) is 13.7 Å². The molecular weight excluding hydrogens is 273 g/mol. The Labute approximate surface area is 123 Å². The first kappa shape index (κ1) is 15.5. The van der Waals surface area contributed by atoms with Crippen LogP contribution in [0.2, 0.25) is 0 Å². The van der Waals surface area contributed by atoms with Gasteiger partial charge in [-0.2, -0.15) is 0 Å². The minimum atomic E-state index is -0.698. The van der Waals surface area contributed by atoms with Crippen LogP contribution in [0.4, 0.5) is 4.39 Å². The Kier molecular flexibility index (Phi) is 4.60. The van der Waals surface area contributed by atoms with Gasteiger partial charge in [0.25, 0.3) is 0 Å². The average molecular weight is 293 g/mol. The van der Waals surface area contributed by atoms with Crippen LogP contribution in [0.15, 0.2) is 18.2 Å². The highest BCUT2D eigenvalue weighted by atomic mass is 19.1. The van der Waals surface area contributed by atoms with Crippen LogP contribution in [0.25, 0.3) is 0 Å². The molecule has 1 heterocycles. The maximum absolute atomic E-state index is 13.9. The second-order valence-corrected chi connectivity index (χ2v) is 5.79. The van der Waals surface area contributed by atoms with Crippen molar-refractivity contribution in [3.8, 4) is 0 Å². The van der Waals surface area contributed by atoms with E-state index in [4.69, 9.17) is 0 Å². The Balaban J connectivity index is 2.09. The van der Waals surface area contributed by atoms with Gasteiger partial charge in [-0.25, -0.2) is 9.18 Å². The molecule has 0 spiro atoms. The number of halogens is 1. The molecule has 1 aromatic rings. The number of rotatable bonds is 4. The topological polar surface area (TPSA) is 46.6 Å². The van der Waals surface area contributed by atoms with Gasteiger partial charge in [0.15, 0.2) is 0 Å². The SMILES string of the molecule is COC(=O)c1ccc(CN2CC(C(C)C)CC2=O)cc1F. The number of esters is 1. The molecule has 1 saturated heterocycles. The summed E-state index contributed by atoms with van der Waals surface area (Å²) >= 11 is 0. The Bertz CT molecular complexity index is 556. The lowest BCUT2D eigenvalue weighted by atomic mass is 9.95. The van der Waals surface area contributed by atoms with Crippen LogP contribution in [0.5, 0.6) is 0 Å². The molecule has 1 amide bonds. The molecule has 1 aliphatic rings. The highest BCUT2D eigenvalue weighted by Crippen LogP contribution is 2.26. The van der Waals surface area contributed by atoms with Gasteiger partial charge in [-0.05, 0) is 29.5 Å². The van der Waals surface area contributed by atoms with Crippen molar-refractivity contribution in [2.45, 2.75) is 26.8 Å². The van der Waals surface area contributed by atoms with Gasteiger partial charge >= 0.3 is 5.97 Å². The van der Waals surface area contributed by atoms with Crippen molar-refractivity contribution in [2.24, 2.45) is 11.8 Å². The number of ether oxygens (including phenoxy) is 1. The van der Waals surface area contributed by atoms with Crippen LogP contribution in [0.3, 0.4) is 0 Å². The van der Waals surface area contributed by atoms with E-state index in [2.05, 4.69) is 18.6 Å². The van der Waals surface area contributed by atoms with Gasteiger partial charge in [-0.15, -0.1) is 0 Å². The number of carbonyl (C=O) groups is 2. The zero-order valence-corrected chi connectivity index (χ0v) is 12.6. The number of likely N-dealkylation sites (tertiary alicyclic amines) is 1. The number of carbonyl (C=O) groups excluding carboxylic acids is 2. The predicted octanol–water partition coefficient (Wildman–Crippen LogP) is 2.62. The van der Waals surface area contributed by atoms with Crippen molar-refractivity contribution in [1.82, 2.24) is 4.90 Å². The van der Waals surface area contributed by atoms with Gasteiger partial charge in [-0.3, -0.25) is 4.79 Å². The van der Waals surface area contributed by atoms with E-state index in [1.807, 2.05) is 0 Å². The Morgan fingerprint density at radius 3 is 2.71 bits per heavy atom. The third kappa shape index (κ3) is 3.40. The van der Waals surface area contributed by atoms with E-state index < -0.39 is 11.8 Å². The molecule has 1 fully saturated rings. The molecule has 2 rings (SSSR count). The Morgan fingerprint density at radius 1 is 1.48 bits per heavy atom. The number of amides is 1. The highest BCUT2D eigenvalue weighted by molar-refractivity contribution is 5.89. The molecule has 0 N–H and O–H groups in total. The van der Waals surface area contributed by atoms with E-state index in [9.17, 15) is 14.0 Å². The third-order valence-electron chi connectivity index (χ3n) is 4.00. The normalized spacial score (nSPS) is 18.4. The van der Waals surface area contributed by atoms with E-state index >= 15 is 0 Å². The third-order valence-corrected chi connectivity index (χ3v) is 4.00. The standard InChI is InChI=1S/C16H20FNO3/c1-10(2)12-7-15(19)18(9-12)8-11-4-5-13(14(17)6-11)16(20)21-3/h4-6,10,12H,7-9H2,1-3H3. The molecule has 0 aromatic heterocycles. The van der Waals surface area contributed by atoms with Crippen LogP contribution >= 0.6 is 0 Å². The molecule has 0 radical (unpaired) electrons. The van der Waals surface area contributed by atoms with Crippen molar-refractivity contribution in [3.05, 3.63) is 35.1 Å². The molecule has 21 heavy (non-hydrogen) atoms. The van der Waals surface area contributed by atoms with E-state index in [0.717, 1.165) is 0 Å². The maximum Gasteiger partial charge on any atom is 0.340 e. The maximum atomic E-state index is 13.9. The smallest absolute Gasteiger partial charge is 0.340 e. The molecule has 1 atom stereocenters. The molecule has 0 aliphatic carbocycles. The number of methoxy groups -OCH3 is 1. The zero-order chi connectivity index (χ0) is 15.6. The lowest BCUT2D eigenvalue weighted by Crippen LogP contribution is -2.25. The van der Waals surface area contributed by atoms with Crippen LogP contribution < -0.4 is 0 Å². The molecular formula is C16H20FNO3. The zero-order valence-electron chi connectivity index (χ0n) is 12.6. The van der Waals surface area contributed by atoms with Crippen molar-refractivity contribution >= 4 is 11.9 Å². The summed E-state index contributed by atoms with van der Waals surface area (Å²) in [5, 5.41) is 0. The first-order valence-corrected chi connectivity index (χ1v) is 7.07. The lowest BCUT2D eigenvalue weighted by molar-refractivity contribution is -0.128. The number of hydrogen-bond acceptors (Lipinski definition) is 3. The quantitative estimate of drug-likeness (QED) is 0.802. The van der Waals surface area contributed by atoms with Crippen LogP contribution in [-0.2, 0) is 16.1 Å². The second-order valence-electron chi connectivity index (χ2n) is 5.79. The molecule has 4 nitrogen and oxygen atoms in total. The van der Waals surface area contributed by atoms with E-state index in [1.54, 1.807) is 11.0 Å². The van der Waals surface area contributed by atoms with Crippen LogP contribution in [0, 0.1) is 17.7 Å². The summed E-state index contributed by atoms with van der Waals surface area (Å²) in [6, 6.07) is 4.35. The van der Waals surface area contributed by atoms with Gasteiger partial charge in [0, 0.05) is 19.5 Å². The summed E-state index contributed by atoms with van der Waals surface area (Å²) in [7, 11) is 1.21. The number of nitrogens with zero attached hydrogens (tertiary/aromatic N) is 1. The van der Waals surface area contributed by atoms with Gasteiger partial charge in [0.05, 0.1) is 12.7 Å². The van der Waals surface area contributed by atoms with E-state index in [-0.39, 0.29) is 11.5 Å². The predicted molar refractivity (Wildman–Crippen MR) is 76.1 cm³/mol. The summed E-state index contributed by atoms with van der Waals surface area (Å²) in [6.07, 6.45) is 0.556. The largest absolute Gasteiger partial charge is 0.465 e. The van der Waals surface area contributed by atoms with Gasteiger partial charge in [-0.1, -0.05) is 19.9 Å². The number of benzene rings is 1. The first-order valence-electron chi connectivity index (χ1n) is 7.07. The minimum absolute atomic E-state index is 0.0888. The fraction of sp³-hybridized carbons (Fsp3) is 0.500.